The first-order chi connectivity index (χ1) is 10.7. The van der Waals surface area contributed by atoms with E-state index in [4.69, 9.17) is 0 Å². The molecule has 22 heavy (non-hydrogen) atoms. The summed E-state index contributed by atoms with van der Waals surface area (Å²) in [5.74, 6) is 0. The summed E-state index contributed by atoms with van der Waals surface area (Å²) >= 11 is 0. The van der Waals surface area contributed by atoms with Crippen LogP contribution in [0.3, 0.4) is 0 Å². The van der Waals surface area contributed by atoms with Crippen LogP contribution < -0.4 is 0 Å². The Bertz CT molecular complexity index is 500. The zero-order valence-corrected chi connectivity index (χ0v) is 14.1. The van der Waals surface area contributed by atoms with Gasteiger partial charge in [0.2, 0.25) is 0 Å². The molecule has 120 valence electrons. The molecule has 0 fully saturated rings. The predicted molar refractivity (Wildman–Crippen MR) is 94.4 cm³/mol. The molecule has 2 rings (SSSR count). The van der Waals surface area contributed by atoms with Gasteiger partial charge in [0.1, 0.15) is 6.67 Å². The average Bonchev–Trinajstić information content (AvgIpc) is 2.73. The van der Waals surface area contributed by atoms with Gasteiger partial charge in [-0.2, -0.15) is 0 Å². The topological polar surface area (TPSA) is 3.24 Å². The van der Waals surface area contributed by atoms with E-state index in [-0.39, 0.29) is 6.67 Å². The first-order valence-corrected chi connectivity index (χ1v) is 8.11. The summed E-state index contributed by atoms with van der Waals surface area (Å²) in [5.41, 5.74) is 3.57. The van der Waals surface area contributed by atoms with Crippen molar-refractivity contribution >= 4 is 0 Å². The molecule has 0 atom stereocenters. The van der Waals surface area contributed by atoms with E-state index in [2.05, 4.69) is 62.1 Å². The molecule has 1 nitrogen and oxygen atoms in total. The van der Waals surface area contributed by atoms with Crippen LogP contribution in [0.5, 0.6) is 0 Å². The molecular formula is C20H28FN. The molecule has 0 radical (unpaired) electrons. The number of rotatable bonds is 5. The van der Waals surface area contributed by atoms with Gasteiger partial charge in [0.05, 0.1) is 0 Å². The molecule has 0 saturated heterocycles. The van der Waals surface area contributed by atoms with Gasteiger partial charge < -0.3 is 4.90 Å². The highest BCUT2D eigenvalue weighted by molar-refractivity contribution is 5.31. The molecule has 1 aliphatic carbocycles. The van der Waals surface area contributed by atoms with E-state index in [1.54, 1.807) is 0 Å². The molecule has 0 aromatic heterocycles. The quantitative estimate of drug-likeness (QED) is 0.678. The average molecular weight is 301 g/mol. The maximum atomic E-state index is 12.8. The zero-order chi connectivity index (χ0) is 16.2. The maximum Gasteiger partial charge on any atom is 0.107 e. The van der Waals surface area contributed by atoms with Crippen molar-refractivity contribution in [3.8, 4) is 0 Å². The highest BCUT2D eigenvalue weighted by atomic mass is 19.1. The summed E-state index contributed by atoms with van der Waals surface area (Å²) in [6.45, 7) is 7.19. The van der Waals surface area contributed by atoms with Crippen molar-refractivity contribution in [1.29, 1.82) is 0 Å². The van der Waals surface area contributed by atoms with Gasteiger partial charge in [0.15, 0.2) is 0 Å². The van der Waals surface area contributed by atoms with E-state index in [1.807, 2.05) is 18.2 Å². The number of nitrogens with zero attached hydrogens (tertiary/aromatic N) is 1. The van der Waals surface area contributed by atoms with Crippen molar-refractivity contribution in [2.75, 3.05) is 13.2 Å². The van der Waals surface area contributed by atoms with Gasteiger partial charge in [-0.3, -0.25) is 0 Å². The van der Waals surface area contributed by atoms with E-state index >= 15 is 0 Å². The molecule has 1 aromatic carbocycles. The van der Waals surface area contributed by atoms with Crippen LogP contribution in [-0.4, -0.2) is 18.1 Å². The zero-order valence-electron chi connectivity index (χ0n) is 14.1. The Morgan fingerprint density at radius 2 is 1.73 bits per heavy atom. The number of halogens is 1. The summed E-state index contributed by atoms with van der Waals surface area (Å²) in [4.78, 5) is 2.10. The number of hydrogen-bond donors (Lipinski definition) is 0. The van der Waals surface area contributed by atoms with Gasteiger partial charge in [-0.05, 0) is 25.0 Å². The van der Waals surface area contributed by atoms with Crippen molar-refractivity contribution < 1.29 is 4.39 Å². The van der Waals surface area contributed by atoms with Crippen molar-refractivity contribution in [3.63, 3.8) is 0 Å². The summed E-state index contributed by atoms with van der Waals surface area (Å²) in [6, 6.07) is 10.2. The molecule has 0 unspecified atom stereocenters. The second kappa shape index (κ2) is 10.8. The van der Waals surface area contributed by atoms with Crippen LogP contribution in [0.15, 0.2) is 65.9 Å². The lowest BCUT2D eigenvalue weighted by atomic mass is 10.2. The summed E-state index contributed by atoms with van der Waals surface area (Å²) < 4.78 is 12.8. The maximum absolute atomic E-state index is 12.8. The van der Waals surface area contributed by atoms with Crippen LogP contribution in [0.25, 0.3) is 0 Å². The second-order valence-electron chi connectivity index (χ2n) is 5.45. The molecule has 0 N–H and O–H groups in total. The fourth-order valence-corrected chi connectivity index (χ4v) is 2.16. The highest BCUT2D eigenvalue weighted by Gasteiger charge is 2.08. The fourth-order valence-electron chi connectivity index (χ4n) is 2.16. The summed E-state index contributed by atoms with van der Waals surface area (Å²) in [7, 11) is 0. The van der Waals surface area contributed by atoms with E-state index in [9.17, 15) is 4.39 Å². The van der Waals surface area contributed by atoms with E-state index in [1.165, 1.54) is 17.6 Å². The minimum Gasteiger partial charge on any atom is -0.365 e. The van der Waals surface area contributed by atoms with Gasteiger partial charge in [-0.1, -0.05) is 74.4 Å². The Balaban J connectivity index is 0.000000745. The van der Waals surface area contributed by atoms with Crippen LogP contribution in [-0.2, 0) is 6.54 Å². The minimum atomic E-state index is -0.329. The first kappa shape index (κ1) is 18.2. The highest BCUT2D eigenvalue weighted by Crippen LogP contribution is 2.17. The molecule has 0 heterocycles. The number of hydrogen-bond acceptors (Lipinski definition) is 1. The van der Waals surface area contributed by atoms with Crippen LogP contribution in [0.2, 0.25) is 0 Å². The van der Waals surface area contributed by atoms with Crippen molar-refractivity contribution in [1.82, 2.24) is 4.90 Å². The Labute approximate surface area is 134 Å². The standard InChI is InChI=1S/C17H20FN.C3H8/c1-15-6-5-9-17(11-10-15)19(13-12-18)14-16-7-3-2-4-8-16;1-3-2/h2-4,6-11H,5,12-14H2,1H3;3H2,1-2H3. The van der Waals surface area contributed by atoms with Gasteiger partial charge in [0, 0.05) is 18.8 Å². The Kier molecular flexibility index (Phi) is 8.97. The van der Waals surface area contributed by atoms with E-state index in [0.717, 1.165) is 18.7 Å². The number of benzene rings is 1. The predicted octanol–water partition coefficient (Wildman–Crippen LogP) is 5.66. The molecule has 0 saturated carbocycles. The monoisotopic (exact) mass is 301 g/mol. The Morgan fingerprint density at radius 1 is 1.05 bits per heavy atom. The molecule has 2 heteroatoms. The lowest BCUT2D eigenvalue weighted by molar-refractivity contribution is 0.303. The summed E-state index contributed by atoms with van der Waals surface area (Å²) in [6.07, 6.45) is 10.7. The Hall–Kier alpha value is -1.83. The Morgan fingerprint density at radius 3 is 2.36 bits per heavy atom. The largest absolute Gasteiger partial charge is 0.365 e. The third-order valence-electron chi connectivity index (χ3n) is 3.22. The van der Waals surface area contributed by atoms with E-state index < -0.39 is 0 Å². The van der Waals surface area contributed by atoms with Gasteiger partial charge in [-0.15, -0.1) is 0 Å². The van der Waals surface area contributed by atoms with Crippen LogP contribution in [0.4, 0.5) is 4.39 Å². The normalized spacial score (nSPS) is 13.5. The van der Waals surface area contributed by atoms with Crippen molar-refractivity contribution in [3.05, 3.63) is 71.5 Å². The molecule has 0 aliphatic heterocycles. The molecule has 1 aliphatic rings. The van der Waals surface area contributed by atoms with Crippen LogP contribution >= 0.6 is 0 Å². The van der Waals surface area contributed by atoms with Crippen molar-refractivity contribution in [2.45, 2.75) is 40.2 Å². The lowest BCUT2D eigenvalue weighted by Crippen LogP contribution is -2.24. The first-order valence-electron chi connectivity index (χ1n) is 8.11. The third kappa shape index (κ3) is 6.75. The van der Waals surface area contributed by atoms with Gasteiger partial charge in [0.25, 0.3) is 0 Å². The molecule has 0 amide bonds. The third-order valence-corrected chi connectivity index (χ3v) is 3.22. The molecular weight excluding hydrogens is 273 g/mol. The SMILES string of the molecule is CC1=CCC=C(N(CCF)Cc2ccccc2)C=C1.CCC. The number of alkyl halides is 1. The number of allylic oxidation sites excluding steroid dienone is 5. The minimum absolute atomic E-state index is 0.329. The second-order valence-corrected chi connectivity index (χ2v) is 5.45. The van der Waals surface area contributed by atoms with Crippen LogP contribution in [0, 0.1) is 0 Å². The molecule has 0 bridgehead atoms. The lowest BCUT2D eigenvalue weighted by Gasteiger charge is -2.24. The van der Waals surface area contributed by atoms with Gasteiger partial charge in [-0.25, -0.2) is 4.39 Å². The fraction of sp³-hybridized carbons (Fsp3) is 0.400. The smallest absolute Gasteiger partial charge is 0.107 e. The van der Waals surface area contributed by atoms with Gasteiger partial charge >= 0.3 is 0 Å². The molecule has 0 spiro atoms. The van der Waals surface area contributed by atoms with Crippen molar-refractivity contribution in [2.24, 2.45) is 0 Å². The summed E-state index contributed by atoms with van der Waals surface area (Å²) in [5, 5.41) is 0. The van der Waals surface area contributed by atoms with E-state index in [0.29, 0.717) is 6.54 Å². The van der Waals surface area contributed by atoms with Crippen LogP contribution in [0.1, 0.15) is 39.2 Å². The molecule has 1 aromatic rings.